The molecule has 2 unspecified atom stereocenters. The molecular formula is C12H16BrClN2O. The van der Waals surface area contributed by atoms with Gasteiger partial charge in [0.2, 0.25) is 5.88 Å². The normalized spacial score (nSPS) is 24.6. The first-order valence-electron chi connectivity index (χ1n) is 6.03. The molecule has 1 fully saturated rings. The maximum Gasteiger partial charge on any atom is 0.232 e. The van der Waals surface area contributed by atoms with Crippen molar-refractivity contribution in [2.45, 2.75) is 45.1 Å². The minimum Gasteiger partial charge on any atom is -0.473 e. The van der Waals surface area contributed by atoms with Crippen molar-refractivity contribution in [2.24, 2.45) is 5.92 Å². The molecule has 3 nitrogen and oxygen atoms in total. The van der Waals surface area contributed by atoms with Crippen molar-refractivity contribution in [3.05, 3.63) is 16.0 Å². The van der Waals surface area contributed by atoms with Crippen LogP contribution in [0.1, 0.15) is 39.0 Å². The molecule has 1 aromatic heterocycles. The molecule has 0 aromatic carbocycles. The van der Waals surface area contributed by atoms with E-state index >= 15 is 0 Å². The molecule has 1 aromatic rings. The summed E-state index contributed by atoms with van der Waals surface area (Å²) in [5, 5.41) is 0.401. The fourth-order valence-electron chi connectivity index (χ4n) is 2.29. The van der Waals surface area contributed by atoms with Gasteiger partial charge in [-0.05, 0) is 41.1 Å². The zero-order chi connectivity index (χ0) is 12.3. The Balaban J connectivity index is 2.02. The van der Waals surface area contributed by atoms with Crippen molar-refractivity contribution in [2.75, 3.05) is 0 Å². The van der Waals surface area contributed by atoms with Crippen LogP contribution < -0.4 is 4.74 Å². The lowest BCUT2D eigenvalue weighted by atomic mass is 9.85. The summed E-state index contributed by atoms with van der Waals surface area (Å²) < 4.78 is 6.57. The van der Waals surface area contributed by atoms with Crippen LogP contribution in [0.5, 0.6) is 5.88 Å². The van der Waals surface area contributed by atoms with E-state index in [4.69, 9.17) is 16.3 Å². The molecule has 1 heterocycles. The largest absolute Gasteiger partial charge is 0.473 e. The van der Waals surface area contributed by atoms with Gasteiger partial charge in [0.15, 0.2) is 5.15 Å². The minimum absolute atomic E-state index is 0.260. The summed E-state index contributed by atoms with van der Waals surface area (Å²) in [6.07, 6.45) is 7.70. The predicted octanol–water partition coefficient (Wildman–Crippen LogP) is 4.24. The summed E-state index contributed by atoms with van der Waals surface area (Å²) in [6.45, 7) is 2.24. The molecular weight excluding hydrogens is 304 g/mol. The van der Waals surface area contributed by atoms with Crippen molar-refractivity contribution in [1.82, 2.24) is 9.97 Å². The Labute approximate surface area is 115 Å². The van der Waals surface area contributed by atoms with E-state index in [1.54, 1.807) is 0 Å². The van der Waals surface area contributed by atoms with Gasteiger partial charge in [-0.2, -0.15) is 0 Å². The molecule has 5 heteroatoms. The highest BCUT2D eigenvalue weighted by Gasteiger charge is 2.23. The lowest BCUT2D eigenvalue weighted by Crippen LogP contribution is -2.25. The lowest BCUT2D eigenvalue weighted by Gasteiger charge is -2.28. The number of hydrogen-bond donors (Lipinski definition) is 0. The smallest absolute Gasteiger partial charge is 0.232 e. The van der Waals surface area contributed by atoms with E-state index in [-0.39, 0.29) is 6.10 Å². The van der Waals surface area contributed by atoms with Gasteiger partial charge in [0, 0.05) is 0 Å². The Morgan fingerprint density at radius 3 is 3.06 bits per heavy atom. The predicted molar refractivity (Wildman–Crippen MR) is 71.4 cm³/mol. The third kappa shape index (κ3) is 3.32. The standard InChI is InChI=1S/C12H16BrClN2O/c1-2-8-4-3-5-9(6-8)17-12-10(13)11(14)15-7-16-12/h7-9H,2-6H2,1H3. The van der Waals surface area contributed by atoms with Gasteiger partial charge in [-0.3, -0.25) is 0 Å². The van der Waals surface area contributed by atoms with Gasteiger partial charge >= 0.3 is 0 Å². The average molecular weight is 320 g/mol. The van der Waals surface area contributed by atoms with Crippen LogP contribution in [0.3, 0.4) is 0 Å². The minimum atomic E-state index is 0.260. The Bertz CT molecular complexity index is 389. The molecule has 2 rings (SSSR count). The van der Waals surface area contributed by atoms with E-state index in [1.165, 1.54) is 25.6 Å². The van der Waals surface area contributed by atoms with Crippen molar-refractivity contribution in [3.8, 4) is 5.88 Å². The van der Waals surface area contributed by atoms with Gasteiger partial charge in [-0.1, -0.05) is 31.4 Å². The molecule has 0 aliphatic heterocycles. The van der Waals surface area contributed by atoms with E-state index in [9.17, 15) is 0 Å². The van der Waals surface area contributed by atoms with E-state index in [1.807, 2.05) is 0 Å². The average Bonchev–Trinajstić information content (AvgIpc) is 2.35. The van der Waals surface area contributed by atoms with Crippen molar-refractivity contribution >= 4 is 27.5 Å². The van der Waals surface area contributed by atoms with Crippen molar-refractivity contribution < 1.29 is 4.74 Å². The quantitative estimate of drug-likeness (QED) is 0.782. The zero-order valence-corrected chi connectivity index (χ0v) is 12.2. The molecule has 0 N–H and O–H groups in total. The van der Waals surface area contributed by atoms with E-state index in [0.29, 0.717) is 15.5 Å². The first kappa shape index (κ1) is 13.1. The molecule has 1 aliphatic rings. The summed E-state index contributed by atoms with van der Waals surface area (Å²) in [6, 6.07) is 0. The number of halogens is 2. The number of rotatable bonds is 3. The third-order valence-electron chi connectivity index (χ3n) is 3.31. The van der Waals surface area contributed by atoms with Gasteiger partial charge in [0.1, 0.15) is 16.9 Å². The summed E-state index contributed by atoms with van der Waals surface area (Å²) in [7, 11) is 0. The molecule has 17 heavy (non-hydrogen) atoms. The maximum atomic E-state index is 5.92. The van der Waals surface area contributed by atoms with Crippen LogP contribution in [0.15, 0.2) is 10.8 Å². The van der Waals surface area contributed by atoms with Crippen LogP contribution in [0.2, 0.25) is 5.15 Å². The fraction of sp³-hybridized carbons (Fsp3) is 0.667. The van der Waals surface area contributed by atoms with Gasteiger partial charge in [-0.25, -0.2) is 9.97 Å². The van der Waals surface area contributed by atoms with Gasteiger partial charge < -0.3 is 4.74 Å². The molecule has 0 saturated heterocycles. The first-order valence-corrected chi connectivity index (χ1v) is 7.20. The number of aromatic nitrogens is 2. The lowest BCUT2D eigenvalue weighted by molar-refractivity contribution is 0.116. The third-order valence-corrected chi connectivity index (χ3v) is 4.53. The maximum absolute atomic E-state index is 5.92. The van der Waals surface area contributed by atoms with Crippen LogP contribution in [0.25, 0.3) is 0 Å². The second kappa shape index (κ2) is 6.01. The first-order chi connectivity index (χ1) is 8.20. The van der Waals surface area contributed by atoms with Crippen molar-refractivity contribution in [3.63, 3.8) is 0 Å². The molecule has 2 atom stereocenters. The van der Waals surface area contributed by atoms with Crippen LogP contribution >= 0.6 is 27.5 Å². The zero-order valence-electron chi connectivity index (χ0n) is 9.83. The Morgan fingerprint density at radius 2 is 2.29 bits per heavy atom. The summed E-state index contributed by atoms with van der Waals surface area (Å²) in [4.78, 5) is 8.01. The molecule has 0 radical (unpaired) electrons. The SMILES string of the molecule is CCC1CCCC(Oc2ncnc(Cl)c2Br)C1. The van der Waals surface area contributed by atoms with Crippen molar-refractivity contribution in [1.29, 1.82) is 0 Å². The highest BCUT2D eigenvalue weighted by atomic mass is 79.9. The highest BCUT2D eigenvalue weighted by Crippen LogP contribution is 2.33. The van der Waals surface area contributed by atoms with Crippen LogP contribution in [0.4, 0.5) is 0 Å². The Kier molecular flexibility index (Phi) is 4.62. The number of nitrogens with zero attached hydrogens (tertiary/aromatic N) is 2. The van der Waals surface area contributed by atoms with E-state index in [0.717, 1.165) is 18.8 Å². The summed E-state index contributed by atoms with van der Waals surface area (Å²) in [5.41, 5.74) is 0. The van der Waals surface area contributed by atoms with Crippen LogP contribution in [-0.4, -0.2) is 16.1 Å². The monoisotopic (exact) mass is 318 g/mol. The van der Waals surface area contributed by atoms with Gasteiger partial charge in [-0.15, -0.1) is 0 Å². The Hall–Kier alpha value is -0.350. The molecule has 94 valence electrons. The van der Waals surface area contributed by atoms with E-state index in [2.05, 4.69) is 32.8 Å². The van der Waals surface area contributed by atoms with E-state index < -0.39 is 0 Å². The second-order valence-electron chi connectivity index (χ2n) is 4.46. The second-order valence-corrected chi connectivity index (χ2v) is 5.62. The molecule has 0 bridgehead atoms. The molecule has 1 aliphatic carbocycles. The van der Waals surface area contributed by atoms with Crippen LogP contribution in [0, 0.1) is 5.92 Å². The highest BCUT2D eigenvalue weighted by molar-refractivity contribution is 9.10. The topological polar surface area (TPSA) is 35.0 Å². The van der Waals surface area contributed by atoms with Crippen LogP contribution in [-0.2, 0) is 0 Å². The molecule has 1 saturated carbocycles. The number of ether oxygens (including phenoxy) is 1. The Morgan fingerprint density at radius 1 is 1.47 bits per heavy atom. The van der Waals surface area contributed by atoms with Gasteiger partial charge in [0.05, 0.1) is 0 Å². The number of hydrogen-bond acceptors (Lipinski definition) is 3. The summed E-state index contributed by atoms with van der Waals surface area (Å²) in [5.74, 6) is 1.34. The molecule has 0 amide bonds. The summed E-state index contributed by atoms with van der Waals surface area (Å²) >= 11 is 9.27. The molecule has 0 spiro atoms. The van der Waals surface area contributed by atoms with Gasteiger partial charge in [0.25, 0.3) is 0 Å². The fourth-order valence-corrected chi connectivity index (χ4v) is 2.72.